The number of amides is 1. The summed E-state index contributed by atoms with van der Waals surface area (Å²) in [6, 6.07) is 1.55. The predicted molar refractivity (Wildman–Crippen MR) is 73.0 cm³/mol. The first-order valence-corrected chi connectivity index (χ1v) is 7.26. The lowest BCUT2D eigenvalue weighted by Crippen LogP contribution is -2.28. The van der Waals surface area contributed by atoms with Gasteiger partial charge in [0.1, 0.15) is 6.17 Å². The average molecular weight is 283 g/mol. The first-order valence-electron chi connectivity index (χ1n) is 6.38. The standard InChI is InChI=1S/C12H17N3O3S/c1-2-3-4-5-14-7-10(16)13-12(14)9-6-11(15(17)18)19-8-9/h6,8,12H,2-5,7H2,1H3,(H,13,16)/t12-/m0/s1. The number of thiophene rings is 1. The highest BCUT2D eigenvalue weighted by molar-refractivity contribution is 7.13. The van der Waals surface area contributed by atoms with Crippen LogP contribution in [0.25, 0.3) is 0 Å². The van der Waals surface area contributed by atoms with Crippen LogP contribution in [0.2, 0.25) is 0 Å². The van der Waals surface area contributed by atoms with Crippen molar-refractivity contribution in [2.75, 3.05) is 13.1 Å². The Hall–Kier alpha value is -1.47. The molecule has 1 aromatic rings. The Morgan fingerprint density at radius 3 is 3.00 bits per heavy atom. The molecule has 2 heterocycles. The zero-order valence-electron chi connectivity index (χ0n) is 10.8. The van der Waals surface area contributed by atoms with E-state index in [1.165, 1.54) is 0 Å². The topological polar surface area (TPSA) is 75.5 Å². The molecule has 2 rings (SSSR count). The molecular weight excluding hydrogens is 266 g/mol. The van der Waals surface area contributed by atoms with Crippen LogP contribution in [0, 0.1) is 10.1 Å². The van der Waals surface area contributed by atoms with Gasteiger partial charge < -0.3 is 5.32 Å². The summed E-state index contributed by atoms with van der Waals surface area (Å²) in [5.41, 5.74) is 0.805. The highest BCUT2D eigenvalue weighted by Gasteiger charge is 2.31. The van der Waals surface area contributed by atoms with Crippen molar-refractivity contribution < 1.29 is 9.72 Å². The molecule has 1 atom stereocenters. The molecule has 0 radical (unpaired) electrons. The van der Waals surface area contributed by atoms with Crippen LogP contribution in [0.5, 0.6) is 0 Å². The molecule has 0 spiro atoms. The van der Waals surface area contributed by atoms with Crippen molar-refractivity contribution in [2.24, 2.45) is 0 Å². The minimum atomic E-state index is -0.396. The molecule has 7 heteroatoms. The van der Waals surface area contributed by atoms with Crippen LogP contribution >= 0.6 is 11.3 Å². The smallest absolute Gasteiger partial charge is 0.324 e. The first kappa shape index (κ1) is 14.0. The molecule has 1 aromatic heterocycles. The summed E-state index contributed by atoms with van der Waals surface area (Å²) in [5, 5.41) is 15.4. The average Bonchev–Trinajstić information content (AvgIpc) is 2.96. The molecule has 0 saturated carbocycles. The van der Waals surface area contributed by atoms with Crippen molar-refractivity contribution >= 4 is 22.2 Å². The molecule has 1 aliphatic rings. The molecular formula is C12H17N3O3S. The van der Waals surface area contributed by atoms with Gasteiger partial charge in [0.2, 0.25) is 5.91 Å². The lowest BCUT2D eigenvalue weighted by Gasteiger charge is -2.21. The van der Waals surface area contributed by atoms with E-state index in [0.29, 0.717) is 6.54 Å². The molecule has 0 aliphatic carbocycles. The number of carbonyl (C=O) groups is 1. The van der Waals surface area contributed by atoms with Gasteiger partial charge in [0.05, 0.1) is 11.5 Å². The third-order valence-corrected chi connectivity index (χ3v) is 4.06. The predicted octanol–water partition coefficient (Wildman–Crippen LogP) is 2.28. The second-order valence-corrected chi connectivity index (χ2v) is 5.51. The minimum Gasteiger partial charge on any atom is -0.335 e. The van der Waals surface area contributed by atoms with Gasteiger partial charge in [-0.2, -0.15) is 0 Å². The number of nitro groups is 1. The SMILES string of the molecule is CCCCCN1CC(=O)N[C@@H]1c1csc([N+](=O)[O-])c1. The van der Waals surface area contributed by atoms with Crippen molar-refractivity contribution in [1.82, 2.24) is 10.2 Å². The Bertz CT molecular complexity index is 475. The van der Waals surface area contributed by atoms with Crippen molar-refractivity contribution in [3.05, 3.63) is 27.1 Å². The van der Waals surface area contributed by atoms with Crippen LogP contribution in [0.4, 0.5) is 5.00 Å². The van der Waals surface area contributed by atoms with Gasteiger partial charge >= 0.3 is 5.00 Å². The summed E-state index contributed by atoms with van der Waals surface area (Å²) in [4.78, 5) is 23.9. The minimum absolute atomic E-state index is 0.0182. The molecule has 1 amide bonds. The number of hydrogen-bond donors (Lipinski definition) is 1. The van der Waals surface area contributed by atoms with E-state index in [4.69, 9.17) is 0 Å². The fraction of sp³-hybridized carbons (Fsp3) is 0.583. The highest BCUT2D eigenvalue weighted by Crippen LogP contribution is 2.30. The Balaban J connectivity index is 2.06. The van der Waals surface area contributed by atoms with E-state index < -0.39 is 4.92 Å². The van der Waals surface area contributed by atoms with E-state index in [1.54, 1.807) is 11.4 Å². The number of unbranched alkanes of at least 4 members (excludes halogenated alkanes) is 2. The molecule has 104 valence electrons. The van der Waals surface area contributed by atoms with Gasteiger partial charge in [-0.05, 0) is 6.42 Å². The highest BCUT2D eigenvalue weighted by atomic mass is 32.1. The van der Waals surface area contributed by atoms with Crippen molar-refractivity contribution in [1.29, 1.82) is 0 Å². The Morgan fingerprint density at radius 1 is 1.58 bits per heavy atom. The van der Waals surface area contributed by atoms with Crippen molar-refractivity contribution in [3.8, 4) is 0 Å². The molecule has 1 aliphatic heterocycles. The Kier molecular flexibility index (Phi) is 4.49. The zero-order chi connectivity index (χ0) is 13.8. The van der Waals surface area contributed by atoms with Gasteiger partial charge in [-0.25, -0.2) is 0 Å². The van der Waals surface area contributed by atoms with E-state index in [1.807, 2.05) is 4.90 Å². The van der Waals surface area contributed by atoms with Crippen molar-refractivity contribution in [2.45, 2.75) is 32.4 Å². The number of carbonyl (C=O) groups excluding carboxylic acids is 1. The molecule has 6 nitrogen and oxygen atoms in total. The van der Waals surface area contributed by atoms with E-state index in [2.05, 4.69) is 12.2 Å². The summed E-state index contributed by atoms with van der Waals surface area (Å²) in [5.74, 6) is -0.0182. The number of rotatable bonds is 6. The van der Waals surface area contributed by atoms with Crippen molar-refractivity contribution in [3.63, 3.8) is 0 Å². The van der Waals surface area contributed by atoms with Gasteiger partial charge in [-0.1, -0.05) is 31.1 Å². The van der Waals surface area contributed by atoms with Gasteiger partial charge in [0.15, 0.2) is 0 Å². The van der Waals surface area contributed by atoms with E-state index in [-0.39, 0.29) is 17.1 Å². The second kappa shape index (κ2) is 6.12. The van der Waals surface area contributed by atoms with Crippen LogP contribution in [0.1, 0.15) is 37.9 Å². The third-order valence-electron chi connectivity index (χ3n) is 3.16. The monoisotopic (exact) mass is 283 g/mol. The van der Waals surface area contributed by atoms with Crippen LogP contribution < -0.4 is 5.32 Å². The van der Waals surface area contributed by atoms with Crippen LogP contribution in [0.15, 0.2) is 11.4 Å². The van der Waals surface area contributed by atoms with Gasteiger partial charge in [0, 0.05) is 23.6 Å². The third kappa shape index (κ3) is 3.30. The molecule has 0 bridgehead atoms. The normalized spacial score (nSPS) is 19.6. The summed E-state index contributed by atoms with van der Waals surface area (Å²) in [6.07, 6.45) is 3.08. The fourth-order valence-corrected chi connectivity index (χ4v) is 2.95. The summed E-state index contributed by atoms with van der Waals surface area (Å²) < 4.78 is 0. The van der Waals surface area contributed by atoms with Gasteiger partial charge in [0.25, 0.3) is 0 Å². The molecule has 19 heavy (non-hydrogen) atoms. The molecule has 1 saturated heterocycles. The van der Waals surface area contributed by atoms with E-state index in [9.17, 15) is 14.9 Å². The van der Waals surface area contributed by atoms with Gasteiger partial charge in [-0.3, -0.25) is 19.8 Å². The first-order chi connectivity index (χ1) is 9.11. The molecule has 0 aromatic carbocycles. The second-order valence-electron chi connectivity index (χ2n) is 4.62. The number of nitrogens with zero attached hydrogens (tertiary/aromatic N) is 2. The van der Waals surface area contributed by atoms with Crippen LogP contribution in [-0.4, -0.2) is 28.8 Å². The fourth-order valence-electron chi connectivity index (χ4n) is 2.21. The number of nitrogens with one attached hydrogen (secondary N) is 1. The van der Waals surface area contributed by atoms with Gasteiger partial charge in [-0.15, -0.1) is 0 Å². The summed E-state index contributed by atoms with van der Waals surface area (Å²) in [7, 11) is 0. The Morgan fingerprint density at radius 2 is 2.37 bits per heavy atom. The van der Waals surface area contributed by atoms with Crippen LogP contribution in [-0.2, 0) is 4.79 Å². The molecule has 1 fully saturated rings. The molecule has 1 N–H and O–H groups in total. The maximum atomic E-state index is 11.5. The lowest BCUT2D eigenvalue weighted by atomic mass is 10.2. The summed E-state index contributed by atoms with van der Waals surface area (Å²) in [6.45, 7) is 3.34. The summed E-state index contributed by atoms with van der Waals surface area (Å²) >= 11 is 1.10. The van der Waals surface area contributed by atoms with E-state index in [0.717, 1.165) is 42.7 Å². The van der Waals surface area contributed by atoms with Crippen LogP contribution in [0.3, 0.4) is 0 Å². The Labute approximate surface area is 115 Å². The van der Waals surface area contributed by atoms with E-state index >= 15 is 0 Å². The molecule has 0 unspecified atom stereocenters. The maximum Gasteiger partial charge on any atom is 0.324 e. The largest absolute Gasteiger partial charge is 0.335 e. The number of hydrogen-bond acceptors (Lipinski definition) is 5. The zero-order valence-corrected chi connectivity index (χ0v) is 11.6. The lowest BCUT2D eigenvalue weighted by molar-refractivity contribution is -0.380. The maximum absolute atomic E-state index is 11.5. The quantitative estimate of drug-likeness (QED) is 0.493.